The molecular formula is C20H38N8O7S. The molecule has 5 unspecified atom stereocenters. The second-order valence-corrected chi connectivity index (χ2v) is 9.01. The summed E-state index contributed by atoms with van der Waals surface area (Å²) in [6.07, 6.45) is 0.545. The van der Waals surface area contributed by atoms with Gasteiger partial charge in [-0.1, -0.05) is 0 Å². The molecule has 0 saturated carbocycles. The highest BCUT2D eigenvalue weighted by molar-refractivity contribution is 7.98. The Labute approximate surface area is 213 Å². The molecule has 36 heavy (non-hydrogen) atoms. The molecule has 0 aromatic rings. The normalized spacial score (nSPS) is 14.9. The van der Waals surface area contributed by atoms with Gasteiger partial charge in [0, 0.05) is 13.0 Å². The number of primary amides is 1. The number of thioether (sulfide) groups is 1. The van der Waals surface area contributed by atoms with Crippen molar-refractivity contribution in [2.45, 2.75) is 69.3 Å². The molecule has 0 spiro atoms. The van der Waals surface area contributed by atoms with Gasteiger partial charge in [-0.2, -0.15) is 11.8 Å². The monoisotopic (exact) mass is 534 g/mol. The number of aliphatic carboxylic acids is 1. The molecule has 15 nitrogen and oxygen atoms in total. The van der Waals surface area contributed by atoms with Crippen molar-refractivity contribution in [3.63, 3.8) is 0 Å². The molecule has 16 heteroatoms. The van der Waals surface area contributed by atoms with Crippen LogP contribution >= 0.6 is 11.8 Å². The summed E-state index contributed by atoms with van der Waals surface area (Å²) in [6.45, 7) is 1.45. The van der Waals surface area contributed by atoms with Crippen molar-refractivity contribution in [1.82, 2.24) is 16.0 Å². The Morgan fingerprint density at radius 1 is 0.889 bits per heavy atom. The van der Waals surface area contributed by atoms with E-state index in [9.17, 15) is 34.2 Å². The van der Waals surface area contributed by atoms with E-state index < -0.39 is 59.9 Å². The number of nitrogens with zero attached hydrogens (tertiary/aromatic N) is 1. The van der Waals surface area contributed by atoms with Crippen molar-refractivity contribution >= 4 is 47.3 Å². The van der Waals surface area contributed by atoms with Crippen molar-refractivity contribution in [2.24, 2.45) is 27.9 Å². The van der Waals surface area contributed by atoms with E-state index in [4.69, 9.17) is 22.9 Å². The van der Waals surface area contributed by atoms with Crippen LogP contribution in [0.15, 0.2) is 4.99 Å². The largest absolute Gasteiger partial charge is 0.480 e. The Kier molecular flexibility index (Phi) is 15.8. The topological polar surface area (TPSA) is 278 Å². The fourth-order valence-corrected chi connectivity index (χ4v) is 3.32. The predicted molar refractivity (Wildman–Crippen MR) is 134 cm³/mol. The predicted octanol–water partition coefficient (Wildman–Crippen LogP) is -3.69. The number of guanidine groups is 1. The zero-order valence-electron chi connectivity index (χ0n) is 20.4. The zero-order chi connectivity index (χ0) is 27.8. The molecule has 0 aromatic carbocycles. The van der Waals surface area contributed by atoms with Crippen LogP contribution in [0.5, 0.6) is 0 Å². The number of amides is 4. The maximum atomic E-state index is 13.0. The third kappa shape index (κ3) is 13.7. The van der Waals surface area contributed by atoms with Crippen molar-refractivity contribution < 1.29 is 34.2 Å². The molecule has 0 radical (unpaired) electrons. The summed E-state index contributed by atoms with van der Waals surface area (Å²) < 4.78 is 0. The van der Waals surface area contributed by atoms with E-state index in [0.29, 0.717) is 5.75 Å². The van der Waals surface area contributed by atoms with E-state index in [1.165, 1.54) is 18.7 Å². The zero-order valence-corrected chi connectivity index (χ0v) is 21.3. The van der Waals surface area contributed by atoms with E-state index in [-0.39, 0.29) is 44.6 Å². The van der Waals surface area contributed by atoms with E-state index in [1.54, 1.807) is 6.26 Å². The van der Waals surface area contributed by atoms with Gasteiger partial charge in [-0.15, -0.1) is 0 Å². The van der Waals surface area contributed by atoms with Gasteiger partial charge in [-0.3, -0.25) is 24.2 Å². The SMILES string of the molecule is CSCCC(NC(=O)C(CCC(N)=O)NC(=O)C(CCCN=C(N)N)NC(=O)C(N)C(C)O)C(=O)O. The molecule has 0 fully saturated rings. The van der Waals surface area contributed by atoms with Crippen LogP contribution in [-0.4, -0.2) is 94.6 Å². The quantitative estimate of drug-likeness (QED) is 0.0468. The number of aliphatic imine (C=N–C) groups is 1. The van der Waals surface area contributed by atoms with E-state index >= 15 is 0 Å². The van der Waals surface area contributed by atoms with Crippen LogP contribution in [0, 0.1) is 0 Å². The maximum absolute atomic E-state index is 13.0. The number of nitrogens with one attached hydrogen (secondary N) is 3. The van der Waals surface area contributed by atoms with Crippen molar-refractivity contribution in [1.29, 1.82) is 0 Å². The summed E-state index contributed by atoms with van der Waals surface area (Å²) in [5.74, 6) is -4.13. The highest BCUT2D eigenvalue weighted by atomic mass is 32.2. The number of nitrogens with two attached hydrogens (primary N) is 4. The van der Waals surface area contributed by atoms with Crippen molar-refractivity contribution in [2.75, 3.05) is 18.6 Å². The molecule has 13 N–H and O–H groups in total. The summed E-state index contributed by atoms with van der Waals surface area (Å²) in [4.78, 5) is 64.8. The molecule has 0 aliphatic heterocycles. The molecule has 4 amide bonds. The van der Waals surface area contributed by atoms with Crippen LogP contribution in [0.3, 0.4) is 0 Å². The Bertz CT molecular complexity index is 792. The summed E-state index contributed by atoms with van der Waals surface area (Å²) in [7, 11) is 0. The number of carbonyl (C=O) groups is 5. The minimum atomic E-state index is -1.32. The lowest BCUT2D eigenvalue weighted by Gasteiger charge is -2.25. The number of aliphatic hydroxyl groups is 1. The number of carbonyl (C=O) groups excluding carboxylic acids is 4. The maximum Gasteiger partial charge on any atom is 0.326 e. The van der Waals surface area contributed by atoms with Gasteiger partial charge in [-0.25, -0.2) is 4.79 Å². The average Bonchev–Trinajstić information content (AvgIpc) is 2.79. The fourth-order valence-electron chi connectivity index (χ4n) is 2.85. The Hall–Kier alpha value is -3.11. The molecule has 0 rings (SSSR count). The summed E-state index contributed by atoms with van der Waals surface area (Å²) in [5, 5.41) is 26.2. The molecular weight excluding hydrogens is 496 g/mol. The third-order valence-electron chi connectivity index (χ3n) is 4.94. The van der Waals surface area contributed by atoms with Crippen LogP contribution in [0.1, 0.15) is 39.0 Å². The Morgan fingerprint density at radius 3 is 1.89 bits per heavy atom. The minimum Gasteiger partial charge on any atom is -0.480 e. The first-order valence-corrected chi connectivity index (χ1v) is 12.6. The smallest absolute Gasteiger partial charge is 0.326 e. The van der Waals surface area contributed by atoms with E-state index in [0.717, 1.165) is 0 Å². The van der Waals surface area contributed by atoms with Crippen LogP contribution in [-0.2, 0) is 24.0 Å². The van der Waals surface area contributed by atoms with Gasteiger partial charge in [0.25, 0.3) is 0 Å². The van der Waals surface area contributed by atoms with Crippen molar-refractivity contribution in [3.8, 4) is 0 Å². The van der Waals surface area contributed by atoms with Gasteiger partial charge in [0.15, 0.2) is 5.96 Å². The molecule has 5 atom stereocenters. The minimum absolute atomic E-state index is 0.0382. The number of aliphatic hydroxyl groups excluding tert-OH is 1. The Balaban J connectivity index is 5.64. The van der Waals surface area contributed by atoms with Crippen LogP contribution in [0.2, 0.25) is 0 Å². The molecule has 0 aromatic heterocycles. The molecule has 0 aliphatic carbocycles. The van der Waals surface area contributed by atoms with E-state index in [1.807, 2.05) is 0 Å². The van der Waals surface area contributed by atoms with Gasteiger partial charge >= 0.3 is 5.97 Å². The first kappa shape index (κ1) is 32.9. The first-order valence-electron chi connectivity index (χ1n) is 11.2. The fraction of sp³-hybridized carbons (Fsp3) is 0.700. The number of hydrogen-bond donors (Lipinski definition) is 9. The summed E-state index contributed by atoms with van der Waals surface area (Å²) in [6, 6.07) is -5.05. The number of carboxylic acids is 1. The second-order valence-electron chi connectivity index (χ2n) is 8.02. The van der Waals surface area contributed by atoms with Gasteiger partial charge in [0.05, 0.1) is 6.10 Å². The third-order valence-corrected chi connectivity index (χ3v) is 5.58. The second kappa shape index (κ2) is 17.3. The number of hydrogen-bond acceptors (Lipinski definition) is 9. The highest BCUT2D eigenvalue weighted by Crippen LogP contribution is 2.06. The molecule has 0 saturated heterocycles. The van der Waals surface area contributed by atoms with Gasteiger partial charge < -0.3 is 49.1 Å². The van der Waals surface area contributed by atoms with E-state index in [2.05, 4.69) is 20.9 Å². The lowest BCUT2D eigenvalue weighted by molar-refractivity contribution is -0.142. The molecule has 0 aliphatic rings. The molecule has 0 bridgehead atoms. The highest BCUT2D eigenvalue weighted by Gasteiger charge is 2.31. The summed E-state index contributed by atoms with van der Waals surface area (Å²) >= 11 is 1.39. The molecule has 206 valence electrons. The van der Waals surface area contributed by atoms with Gasteiger partial charge in [-0.05, 0) is 44.6 Å². The van der Waals surface area contributed by atoms with Gasteiger partial charge in [0.1, 0.15) is 24.2 Å². The Morgan fingerprint density at radius 2 is 1.42 bits per heavy atom. The summed E-state index contributed by atoms with van der Waals surface area (Å²) in [5.41, 5.74) is 21.4. The molecule has 0 heterocycles. The van der Waals surface area contributed by atoms with Crippen LogP contribution in [0.25, 0.3) is 0 Å². The standard InChI is InChI=1S/C20H38N8O7S/c1-10(29)15(22)18(33)27-11(4-3-8-25-20(23)24)16(31)26-12(5-6-14(21)30)17(32)28-13(19(34)35)7-9-36-2/h10-13,15,29H,3-9,22H2,1-2H3,(H2,21,30)(H,26,31)(H,27,33)(H,28,32)(H,34,35)(H4,23,24,25). The van der Waals surface area contributed by atoms with Crippen LogP contribution < -0.4 is 38.9 Å². The van der Waals surface area contributed by atoms with Crippen LogP contribution in [0.4, 0.5) is 0 Å². The number of carboxylic acid groups (broad SMARTS) is 1. The van der Waals surface area contributed by atoms with Gasteiger partial charge in [0.2, 0.25) is 23.6 Å². The first-order chi connectivity index (χ1) is 16.8. The van der Waals surface area contributed by atoms with Crippen molar-refractivity contribution in [3.05, 3.63) is 0 Å². The lowest BCUT2D eigenvalue weighted by Crippen LogP contribution is -2.58. The lowest BCUT2D eigenvalue weighted by atomic mass is 10.1. The number of rotatable bonds is 18. The average molecular weight is 535 g/mol.